The number of aromatic nitrogens is 2. The van der Waals surface area contributed by atoms with Gasteiger partial charge in [0.05, 0.1) is 7.11 Å². The zero-order valence-corrected chi connectivity index (χ0v) is 16.3. The summed E-state index contributed by atoms with van der Waals surface area (Å²) in [6, 6.07) is 6.47. The van der Waals surface area contributed by atoms with E-state index in [-0.39, 0.29) is 0 Å². The molecule has 134 valence electrons. The number of nitrogens with zero attached hydrogens (tertiary/aromatic N) is 4. The highest BCUT2D eigenvalue weighted by Crippen LogP contribution is 2.26. The summed E-state index contributed by atoms with van der Waals surface area (Å²) in [5.74, 6) is 5.28. The van der Waals surface area contributed by atoms with E-state index in [0.29, 0.717) is 0 Å². The van der Waals surface area contributed by atoms with Crippen LogP contribution in [0.1, 0.15) is 16.7 Å². The van der Waals surface area contributed by atoms with Crippen molar-refractivity contribution in [2.24, 2.45) is 0 Å². The first-order chi connectivity index (χ1) is 12.1. The predicted octanol–water partition coefficient (Wildman–Crippen LogP) is 3.29. The first-order valence-electron chi connectivity index (χ1n) is 8.58. The van der Waals surface area contributed by atoms with Gasteiger partial charge >= 0.3 is 0 Å². The molecule has 0 saturated carbocycles. The van der Waals surface area contributed by atoms with E-state index in [1.807, 2.05) is 11.8 Å². The van der Waals surface area contributed by atoms with Crippen LogP contribution in [0.4, 0.5) is 11.6 Å². The average Bonchev–Trinajstić information content (AvgIpc) is 2.62. The van der Waals surface area contributed by atoms with E-state index >= 15 is 0 Å². The Labute approximate surface area is 154 Å². The number of benzene rings is 1. The molecule has 6 heteroatoms. The van der Waals surface area contributed by atoms with E-state index in [9.17, 15) is 0 Å². The molecule has 1 aliphatic rings. The Bertz CT molecular complexity index is 708. The third-order valence-electron chi connectivity index (χ3n) is 4.51. The second-order valence-corrected chi connectivity index (χ2v) is 7.68. The minimum Gasteiger partial charge on any atom is -0.496 e. The van der Waals surface area contributed by atoms with Gasteiger partial charge in [-0.2, -0.15) is 11.8 Å². The van der Waals surface area contributed by atoms with Crippen LogP contribution in [0, 0.1) is 13.8 Å². The quantitative estimate of drug-likeness (QED) is 0.817. The summed E-state index contributed by atoms with van der Waals surface area (Å²) in [4.78, 5) is 13.4. The van der Waals surface area contributed by atoms with Gasteiger partial charge in [-0.25, -0.2) is 9.97 Å². The zero-order chi connectivity index (χ0) is 17.8. The summed E-state index contributed by atoms with van der Waals surface area (Å²) >= 11 is 2.01. The van der Waals surface area contributed by atoms with Gasteiger partial charge in [0.2, 0.25) is 0 Å². The van der Waals surface area contributed by atoms with Gasteiger partial charge in [-0.1, -0.05) is 12.1 Å². The molecule has 1 aromatic heterocycles. The standard InChI is InChI=1S/C19H26N4OS/c1-14-9-16(10-15(2)19(14)24-4)12-22(3)17-11-18(21-13-20-17)23-5-7-25-8-6-23/h9-11,13H,5-8,12H2,1-4H3. The molecule has 2 aromatic rings. The predicted molar refractivity (Wildman–Crippen MR) is 106 cm³/mol. The normalized spacial score (nSPS) is 14.5. The Balaban J connectivity index is 1.76. The number of rotatable bonds is 5. The summed E-state index contributed by atoms with van der Waals surface area (Å²) < 4.78 is 5.46. The lowest BCUT2D eigenvalue weighted by atomic mass is 10.1. The SMILES string of the molecule is COc1c(C)cc(CN(C)c2cc(N3CCSCC3)ncn2)cc1C. The lowest BCUT2D eigenvalue weighted by Crippen LogP contribution is -2.33. The molecule has 2 heterocycles. The Morgan fingerprint density at radius 3 is 2.44 bits per heavy atom. The van der Waals surface area contributed by atoms with Gasteiger partial charge in [0.1, 0.15) is 23.7 Å². The van der Waals surface area contributed by atoms with Crippen LogP contribution in [-0.2, 0) is 6.54 Å². The number of hydrogen-bond acceptors (Lipinski definition) is 6. The molecule has 1 aromatic carbocycles. The van der Waals surface area contributed by atoms with Gasteiger partial charge in [0.15, 0.2) is 0 Å². The maximum absolute atomic E-state index is 5.46. The smallest absolute Gasteiger partial charge is 0.134 e. The van der Waals surface area contributed by atoms with Crippen molar-refractivity contribution < 1.29 is 4.74 Å². The number of ether oxygens (including phenoxy) is 1. The van der Waals surface area contributed by atoms with Crippen LogP contribution in [0.3, 0.4) is 0 Å². The van der Waals surface area contributed by atoms with Crippen molar-refractivity contribution in [3.63, 3.8) is 0 Å². The van der Waals surface area contributed by atoms with Crippen molar-refractivity contribution in [1.29, 1.82) is 0 Å². The molecule has 0 spiro atoms. The van der Waals surface area contributed by atoms with E-state index in [2.05, 4.69) is 58.9 Å². The van der Waals surface area contributed by atoms with Crippen LogP contribution in [0.2, 0.25) is 0 Å². The zero-order valence-electron chi connectivity index (χ0n) is 15.5. The van der Waals surface area contributed by atoms with Crippen LogP contribution >= 0.6 is 11.8 Å². The van der Waals surface area contributed by atoms with Crippen LogP contribution in [0.25, 0.3) is 0 Å². The fourth-order valence-corrected chi connectivity index (χ4v) is 4.22. The van der Waals surface area contributed by atoms with Crippen molar-refractivity contribution in [2.45, 2.75) is 20.4 Å². The van der Waals surface area contributed by atoms with Crippen molar-refractivity contribution >= 4 is 23.4 Å². The highest BCUT2D eigenvalue weighted by molar-refractivity contribution is 7.99. The molecule has 1 fully saturated rings. The largest absolute Gasteiger partial charge is 0.496 e. The molecule has 0 unspecified atom stereocenters. The van der Waals surface area contributed by atoms with Crippen molar-refractivity contribution in [3.05, 3.63) is 41.2 Å². The van der Waals surface area contributed by atoms with Gasteiger partial charge in [0.25, 0.3) is 0 Å². The Kier molecular flexibility index (Phi) is 5.68. The van der Waals surface area contributed by atoms with E-state index in [1.54, 1.807) is 13.4 Å². The molecule has 0 N–H and O–H groups in total. The summed E-state index contributed by atoms with van der Waals surface area (Å²) in [6.07, 6.45) is 1.67. The van der Waals surface area contributed by atoms with Crippen molar-refractivity contribution in [3.8, 4) is 5.75 Å². The molecular weight excluding hydrogens is 332 g/mol. The van der Waals surface area contributed by atoms with E-state index in [4.69, 9.17) is 4.74 Å². The minimum absolute atomic E-state index is 0.804. The second-order valence-electron chi connectivity index (χ2n) is 6.45. The summed E-state index contributed by atoms with van der Waals surface area (Å²) in [7, 11) is 3.80. The fraction of sp³-hybridized carbons (Fsp3) is 0.474. The Morgan fingerprint density at radius 2 is 1.80 bits per heavy atom. The number of thioether (sulfide) groups is 1. The first kappa shape index (κ1) is 17.9. The third-order valence-corrected chi connectivity index (χ3v) is 5.45. The average molecular weight is 359 g/mol. The molecule has 1 aliphatic heterocycles. The second kappa shape index (κ2) is 7.95. The van der Waals surface area contributed by atoms with Crippen LogP contribution in [0.5, 0.6) is 5.75 Å². The molecule has 0 aliphatic carbocycles. The number of methoxy groups -OCH3 is 1. The lowest BCUT2D eigenvalue weighted by Gasteiger charge is -2.28. The maximum Gasteiger partial charge on any atom is 0.134 e. The fourth-order valence-electron chi connectivity index (χ4n) is 3.32. The van der Waals surface area contributed by atoms with E-state index < -0.39 is 0 Å². The van der Waals surface area contributed by atoms with Crippen LogP contribution in [0.15, 0.2) is 24.5 Å². The maximum atomic E-state index is 5.46. The number of hydrogen-bond donors (Lipinski definition) is 0. The molecule has 25 heavy (non-hydrogen) atoms. The van der Waals surface area contributed by atoms with Gasteiger partial charge in [-0.15, -0.1) is 0 Å². The van der Waals surface area contributed by atoms with Gasteiger partial charge < -0.3 is 14.5 Å². The van der Waals surface area contributed by atoms with Crippen LogP contribution in [-0.4, -0.2) is 48.7 Å². The van der Waals surface area contributed by atoms with Gasteiger partial charge in [0, 0.05) is 44.3 Å². The van der Waals surface area contributed by atoms with E-state index in [0.717, 1.165) is 37.0 Å². The highest BCUT2D eigenvalue weighted by atomic mass is 32.2. The Morgan fingerprint density at radius 1 is 1.12 bits per heavy atom. The molecule has 0 bridgehead atoms. The highest BCUT2D eigenvalue weighted by Gasteiger charge is 2.14. The molecule has 0 atom stereocenters. The van der Waals surface area contributed by atoms with Crippen LogP contribution < -0.4 is 14.5 Å². The first-order valence-corrected chi connectivity index (χ1v) is 9.74. The third kappa shape index (κ3) is 4.18. The van der Waals surface area contributed by atoms with E-state index in [1.165, 1.54) is 28.2 Å². The van der Waals surface area contributed by atoms with Gasteiger partial charge in [-0.05, 0) is 30.5 Å². The lowest BCUT2D eigenvalue weighted by molar-refractivity contribution is 0.408. The molecule has 0 radical (unpaired) electrons. The summed E-state index contributed by atoms with van der Waals surface area (Å²) in [5, 5.41) is 0. The molecular formula is C19H26N4OS. The topological polar surface area (TPSA) is 41.5 Å². The Hall–Kier alpha value is -1.95. The summed E-state index contributed by atoms with van der Waals surface area (Å²) in [6.45, 7) is 7.10. The van der Waals surface area contributed by atoms with Crippen molar-refractivity contribution in [1.82, 2.24) is 9.97 Å². The molecule has 5 nitrogen and oxygen atoms in total. The summed E-state index contributed by atoms with van der Waals surface area (Å²) in [5.41, 5.74) is 3.59. The number of anilines is 2. The number of aryl methyl sites for hydroxylation is 2. The molecule has 3 rings (SSSR count). The molecule has 0 amide bonds. The minimum atomic E-state index is 0.804. The van der Waals surface area contributed by atoms with Gasteiger partial charge in [-0.3, -0.25) is 0 Å². The van der Waals surface area contributed by atoms with Crippen molar-refractivity contribution in [2.75, 3.05) is 48.6 Å². The molecule has 1 saturated heterocycles. The monoisotopic (exact) mass is 358 g/mol.